The number of aromatic nitrogens is 2. The van der Waals surface area contributed by atoms with Gasteiger partial charge in [0.15, 0.2) is 0 Å². The van der Waals surface area contributed by atoms with Crippen LogP contribution in [0, 0.1) is 13.8 Å². The van der Waals surface area contributed by atoms with Crippen LogP contribution in [0.5, 0.6) is 0 Å². The number of hydrogen-bond acceptors (Lipinski definition) is 2. The third-order valence-corrected chi connectivity index (χ3v) is 2.77. The molecule has 16 heavy (non-hydrogen) atoms. The first-order chi connectivity index (χ1) is 7.58. The number of aryl methyl sites for hydroxylation is 3. The van der Waals surface area contributed by atoms with Crippen LogP contribution < -0.4 is 5.32 Å². The van der Waals surface area contributed by atoms with E-state index in [0.717, 1.165) is 22.9 Å². The molecule has 84 valence electrons. The normalized spacial score (nSPS) is 10.5. The van der Waals surface area contributed by atoms with Crippen molar-refractivity contribution in [2.24, 2.45) is 7.05 Å². The van der Waals surface area contributed by atoms with Crippen LogP contribution in [-0.2, 0) is 7.05 Å². The maximum absolute atomic E-state index is 6.14. The van der Waals surface area contributed by atoms with E-state index in [9.17, 15) is 0 Å². The van der Waals surface area contributed by atoms with Crippen molar-refractivity contribution >= 4 is 23.2 Å². The zero-order chi connectivity index (χ0) is 11.7. The Hall–Kier alpha value is -1.48. The Bertz CT molecular complexity index is 497. The molecule has 2 rings (SSSR count). The van der Waals surface area contributed by atoms with Crippen molar-refractivity contribution in [2.45, 2.75) is 13.8 Å². The standard InChI is InChI=1S/C12H14ClN3/c1-8-5-4-6-10(13)11(8)15-12-14-9(2)7-16(12)3/h4-7H,1-3H3,(H,14,15). The zero-order valence-electron chi connectivity index (χ0n) is 9.58. The number of nitrogens with zero attached hydrogens (tertiary/aromatic N) is 2. The molecule has 0 radical (unpaired) electrons. The molecule has 0 aliphatic rings. The summed E-state index contributed by atoms with van der Waals surface area (Å²) < 4.78 is 1.94. The number of imidazole rings is 1. The predicted octanol–water partition coefficient (Wildman–Crippen LogP) is 3.43. The summed E-state index contributed by atoms with van der Waals surface area (Å²) in [5, 5.41) is 3.96. The number of para-hydroxylation sites is 1. The van der Waals surface area contributed by atoms with E-state index in [-0.39, 0.29) is 0 Å². The Balaban J connectivity index is 2.37. The zero-order valence-corrected chi connectivity index (χ0v) is 10.3. The molecule has 0 saturated heterocycles. The molecule has 1 heterocycles. The van der Waals surface area contributed by atoms with E-state index >= 15 is 0 Å². The van der Waals surface area contributed by atoms with Crippen molar-refractivity contribution in [3.63, 3.8) is 0 Å². The molecule has 0 atom stereocenters. The van der Waals surface area contributed by atoms with Crippen molar-refractivity contribution in [1.82, 2.24) is 9.55 Å². The highest BCUT2D eigenvalue weighted by Crippen LogP contribution is 2.28. The van der Waals surface area contributed by atoms with Crippen LogP contribution in [0.4, 0.5) is 11.6 Å². The Morgan fingerprint density at radius 2 is 2.06 bits per heavy atom. The molecule has 0 aliphatic heterocycles. The Morgan fingerprint density at radius 3 is 2.62 bits per heavy atom. The van der Waals surface area contributed by atoms with E-state index in [1.165, 1.54) is 0 Å². The third kappa shape index (κ3) is 2.04. The molecule has 2 aromatic rings. The lowest BCUT2D eigenvalue weighted by Gasteiger charge is -2.10. The van der Waals surface area contributed by atoms with Gasteiger partial charge >= 0.3 is 0 Å². The van der Waals surface area contributed by atoms with E-state index in [0.29, 0.717) is 5.02 Å². The first kappa shape index (κ1) is 11.0. The second-order valence-corrected chi connectivity index (χ2v) is 4.28. The summed E-state index contributed by atoms with van der Waals surface area (Å²) in [6, 6.07) is 5.82. The van der Waals surface area contributed by atoms with Crippen LogP contribution in [0.3, 0.4) is 0 Å². The van der Waals surface area contributed by atoms with Gasteiger partial charge in [0.25, 0.3) is 0 Å². The Labute approximate surface area is 100 Å². The molecule has 0 aliphatic carbocycles. The highest BCUT2D eigenvalue weighted by Gasteiger charge is 2.07. The van der Waals surface area contributed by atoms with Gasteiger partial charge in [-0.25, -0.2) is 4.98 Å². The van der Waals surface area contributed by atoms with Gasteiger partial charge in [-0.2, -0.15) is 0 Å². The summed E-state index contributed by atoms with van der Waals surface area (Å²) in [4.78, 5) is 4.38. The summed E-state index contributed by atoms with van der Waals surface area (Å²) in [6.45, 7) is 3.98. The van der Waals surface area contributed by atoms with Crippen LogP contribution in [0.25, 0.3) is 0 Å². The Kier molecular flexibility index (Phi) is 2.88. The fraction of sp³-hybridized carbons (Fsp3) is 0.250. The first-order valence-electron chi connectivity index (χ1n) is 5.10. The summed E-state index contributed by atoms with van der Waals surface area (Å²) in [7, 11) is 1.95. The molecule has 0 fully saturated rings. The minimum atomic E-state index is 0.709. The number of halogens is 1. The van der Waals surface area contributed by atoms with Gasteiger partial charge in [0.2, 0.25) is 5.95 Å². The maximum Gasteiger partial charge on any atom is 0.207 e. The largest absolute Gasteiger partial charge is 0.324 e. The van der Waals surface area contributed by atoms with E-state index in [4.69, 9.17) is 11.6 Å². The second-order valence-electron chi connectivity index (χ2n) is 3.87. The molecule has 4 heteroatoms. The highest BCUT2D eigenvalue weighted by atomic mass is 35.5. The van der Waals surface area contributed by atoms with Gasteiger partial charge in [0.1, 0.15) is 0 Å². The number of anilines is 2. The molecule has 0 spiro atoms. The molecule has 0 saturated carbocycles. The highest BCUT2D eigenvalue weighted by molar-refractivity contribution is 6.33. The SMILES string of the molecule is Cc1cn(C)c(Nc2c(C)cccc2Cl)n1. The molecular weight excluding hydrogens is 222 g/mol. The first-order valence-corrected chi connectivity index (χ1v) is 5.48. The van der Waals surface area contributed by atoms with Crippen LogP contribution in [0.2, 0.25) is 5.02 Å². The fourth-order valence-corrected chi connectivity index (χ4v) is 1.90. The summed E-state index contributed by atoms with van der Waals surface area (Å²) in [5.41, 5.74) is 3.00. The number of benzene rings is 1. The van der Waals surface area contributed by atoms with Crippen molar-refractivity contribution in [3.8, 4) is 0 Å². The second kappa shape index (κ2) is 4.18. The van der Waals surface area contributed by atoms with Crippen LogP contribution in [0.15, 0.2) is 24.4 Å². The lowest BCUT2D eigenvalue weighted by atomic mass is 10.2. The third-order valence-electron chi connectivity index (χ3n) is 2.46. The summed E-state index contributed by atoms with van der Waals surface area (Å²) in [6.07, 6.45) is 1.97. The summed E-state index contributed by atoms with van der Waals surface area (Å²) in [5.74, 6) is 0.800. The average Bonchev–Trinajstić information content (AvgIpc) is 2.51. The molecular formula is C12H14ClN3. The fourth-order valence-electron chi connectivity index (χ4n) is 1.63. The smallest absolute Gasteiger partial charge is 0.207 e. The lowest BCUT2D eigenvalue weighted by molar-refractivity contribution is 0.923. The van der Waals surface area contributed by atoms with Crippen molar-refractivity contribution in [2.75, 3.05) is 5.32 Å². The van der Waals surface area contributed by atoms with Gasteiger partial charge in [-0.3, -0.25) is 0 Å². The van der Waals surface area contributed by atoms with Gasteiger partial charge in [-0.1, -0.05) is 23.7 Å². The maximum atomic E-state index is 6.14. The van der Waals surface area contributed by atoms with Gasteiger partial charge in [-0.05, 0) is 25.5 Å². The van der Waals surface area contributed by atoms with Crippen molar-refractivity contribution in [3.05, 3.63) is 40.7 Å². The molecule has 1 aromatic carbocycles. The van der Waals surface area contributed by atoms with E-state index < -0.39 is 0 Å². The van der Waals surface area contributed by atoms with Crippen molar-refractivity contribution in [1.29, 1.82) is 0 Å². The van der Waals surface area contributed by atoms with Gasteiger partial charge in [-0.15, -0.1) is 0 Å². The van der Waals surface area contributed by atoms with Gasteiger partial charge in [0.05, 0.1) is 16.4 Å². The molecule has 0 unspecified atom stereocenters. The minimum absolute atomic E-state index is 0.709. The predicted molar refractivity (Wildman–Crippen MR) is 67.4 cm³/mol. The number of hydrogen-bond donors (Lipinski definition) is 1. The minimum Gasteiger partial charge on any atom is -0.324 e. The van der Waals surface area contributed by atoms with Gasteiger partial charge < -0.3 is 9.88 Å². The summed E-state index contributed by atoms with van der Waals surface area (Å²) >= 11 is 6.14. The van der Waals surface area contributed by atoms with E-state index in [1.54, 1.807) is 0 Å². The molecule has 1 aromatic heterocycles. The molecule has 1 N–H and O–H groups in total. The quantitative estimate of drug-likeness (QED) is 0.864. The Morgan fingerprint density at radius 1 is 1.31 bits per heavy atom. The van der Waals surface area contributed by atoms with Crippen LogP contribution in [-0.4, -0.2) is 9.55 Å². The van der Waals surface area contributed by atoms with E-state index in [2.05, 4.69) is 10.3 Å². The number of nitrogens with one attached hydrogen (secondary N) is 1. The topological polar surface area (TPSA) is 29.9 Å². The number of rotatable bonds is 2. The molecule has 3 nitrogen and oxygen atoms in total. The monoisotopic (exact) mass is 235 g/mol. The van der Waals surface area contributed by atoms with Crippen LogP contribution >= 0.6 is 11.6 Å². The average molecular weight is 236 g/mol. The van der Waals surface area contributed by atoms with Crippen LogP contribution in [0.1, 0.15) is 11.3 Å². The molecule has 0 bridgehead atoms. The van der Waals surface area contributed by atoms with Gasteiger partial charge in [0, 0.05) is 13.2 Å². The lowest BCUT2D eigenvalue weighted by Crippen LogP contribution is -2.00. The van der Waals surface area contributed by atoms with Crippen molar-refractivity contribution < 1.29 is 0 Å². The van der Waals surface area contributed by atoms with E-state index in [1.807, 2.05) is 49.9 Å². The molecule has 0 amide bonds.